The second-order valence-electron chi connectivity index (χ2n) is 9.35. The molecule has 33 heavy (non-hydrogen) atoms. The lowest BCUT2D eigenvalue weighted by Crippen LogP contribution is -2.54. The summed E-state index contributed by atoms with van der Waals surface area (Å²) in [7, 11) is 0. The van der Waals surface area contributed by atoms with Crippen LogP contribution in [0.25, 0.3) is 0 Å². The van der Waals surface area contributed by atoms with Gasteiger partial charge >= 0.3 is 5.97 Å². The number of carboxylic acid groups (broad SMARTS) is 1. The third-order valence-electron chi connectivity index (χ3n) is 6.26. The SMILES string of the molecule is CCCCC[C@H](CC(=O)O)C(=O)N[C@H](C(=O)N1CCC[C@H]1COCc1ccccc1)C(C)C. The Balaban J connectivity index is 1.98. The van der Waals surface area contributed by atoms with Crippen LogP contribution in [0.2, 0.25) is 0 Å². The normalized spacial score (nSPS) is 17.7. The first-order valence-corrected chi connectivity index (χ1v) is 12.3. The number of rotatable bonds is 14. The molecule has 1 fully saturated rings. The number of amides is 2. The lowest BCUT2D eigenvalue weighted by molar-refractivity contribution is -0.143. The van der Waals surface area contributed by atoms with E-state index in [0.29, 0.717) is 26.2 Å². The van der Waals surface area contributed by atoms with Gasteiger partial charge in [-0.3, -0.25) is 14.4 Å². The van der Waals surface area contributed by atoms with Gasteiger partial charge in [-0.1, -0.05) is 70.4 Å². The quantitative estimate of drug-likeness (QED) is 0.409. The lowest BCUT2D eigenvalue weighted by atomic mass is 9.95. The molecule has 1 aromatic carbocycles. The zero-order chi connectivity index (χ0) is 24.2. The fourth-order valence-corrected chi connectivity index (χ4v) is 4.33. The fraction of sp³-hybridized carbons (Fsp3) is 0.654. The van der Waals surface area contributed by atoms with Gasteiger partial charge in [0.1, 0.15) is 6.04 Å². The van der Waals surface area contributed by atoms with E-state index in [1.165, 1.54) is 0 Å². The summed E-state index contributed by atoms with van der Waals surface area (Å²) >= 11 is 0. The van der Waals surface area contributed by atoms with Crippen molar-refractivity contribution >= 4 is 17.8 Å². The summed E-state index contributed by atoms with van der Waals surface area (Å²) in [4.78, 5) is 39.5. The van der Waals surface area contributed by atoms with Crippen molar-refractivity contribution < 1.29 is 24.2 Å². The Morgan fingerprint density at radius 1 is 1.18 bits per heavy atom. The topological polar surface area (TPSA) is 95.9 Å². The number of nitrogens with one attached hydrogen (secondary N) is 1. The first kappa shape index (κ1) is 26.8. The fourth-order valence-electron chi connectivity index (χ4n) is 4.33. The average Bonchev–Trinajstić information content (AvgIpc) is 3.25. The number of unbranched alkanes of at least 4 members (excludes halogenated alkanes) is 2. The Labute approximate surface area is 197 Å². The first-order valence-electron chi connectivity index (χ1n) is 12.3. The second-order valence-corrected chi connectivity index (χ2v) is 9.35. The highest BCUT2D eigenvalue weighted by atomic mass is 16.5. The van der Waals surface area contributed by atoms with E-state index in [1.54, 1.807) is 0 Å². The molecule has 1 aromatic rings. The number of carbonyl (C=O) groups excluding carboxylic acids is 2. The van der Waals surface area contributed by atoms with Crippen molar-refractivity contribution in [3.05, 3.63) is 35.9 Å². The van der Waals surface area contributed by atoms with Crippen molar-refractivity contribution in [1.82, 2.24) is 10.2 Å². The summed E-state index contributed by atoms with van der Waals surface area (Å²) in [6, 6.07) is 9.24. The number of ether oxygens (including phenoxy) is 1. The number of nitrogens with zero attached hydrogens (tertiary/aromatic N) is 1. The molecular weight excluding hydrogens is 420 g/mol. The molecule has 1 heterocycles. The minimum atomic E-state index is -0.991. The maximum atomic E-state index is 13.4. The Morgan fingerprint density at radius 3 is 2.55 bits per heavy atom. The van der Waals surface area contributed by atoms with Gasteiger partial charge in [0, 0.05) is 12.5 Å². The molecule has 7 heteroatoms. The van der Waals surface area contributed by atoms with Crippen LogP contribution in [0, 0.1) is 11.8 Å². The van der Waals surface area contributed by atoms with Gasteiger partial charge in [-0.25, -0.2) is 0 Å². The minimum absolute atomic E-state index is 0.0151. The van der Waals surface area contributed by atoms with E-state index >= 15 is 0 Å². The van der Waals surface area contributed by atoms with Crippen LogP contribution in [-0.2, 0) is 25.7 Å². The van der Waals surface area contributed by atoms with Crippen molar-refractivity contribution in [1.29, 1.82) is 0 Å². The molecule has 0 aromatic heterocycles. The number of hydrogen-bond acceptors (Lipinski definition) is 4. The number of carboxylic acids is 1. The predicted molar refractivity (Wildman–Crippen MR) is 127 cm³/mol. The summed E-state index contributed by atoms with van der Waals surface area (Å²) in [5, 5.41) is 12.1. The van der Waals surface area contributed by atoms with Crippen LogP contribution in [0.3, 0.4) is 0 Å². The van der Waals surface area contributed by atoms with Crippen LogP contribution in [0.1, 0.15) is 71.3 Å². The zero-order valence-electron chi connectivity index (χ0n) is 20.3. The summed E-state index contributed by atoms with van der Waals surface area (Å²) in [5.41, 5.74) is 1.09. The Hall–Kier alpha value is -2.41. The van der Waals surface area contributed by atoms with Gasteiger partial charge in [0.05, 0.1) is 25.7 Å². The molecule has 1 saturated heterocycles. The standard InChI is InChI=1S/C26H40N2O5/c1-4-5-7-13-21(16-23(29)30)25(31)27-24(19(2)3)26(32)28-15-10-14-22(28)18-33-17-20-11-8-6-9-12-20/h6,8-9,11-12,19,21-22,24H,4-5,7,10,13-18H2,1-3H3,(H,27,31)(H,29,30)/t21-,22+,24+/m1/s1. The van der Waals surface area contributed by atoms with Crippen LogP contribution in [-0.4, -0.2) is 53.0 Å². The highest BCUT2D eigenvalue weighted by Gasteiger charge is 2.36. The predicted octanol–water partition coefficient (Wildman–Crippen LogP) is 4.01. The molecule has 2 amide bonds. The molecule has 0 radical (unpaired) electrons. The maximum Gasteiger partial charge on any atom is 0.304 e. The molecule has 1 aliphatic heterocycles. The van der Waals surface area contributed by atoms with Crippen molar-refractivity contribution in [2.45, 2.75) is 84.4 Å². The summed E-state index contributed by atoms with van der Waals surface area (Å²) in [6.07, 6.45) is 4.83. The van der Waals surface area contributed by atoms with Crippen molar-refractivity contribution in [2.75, 3.05) is 13.2 Å². The molecular formula is C26H40N2O5. The van der Waals surface area contributed by atoms with Gasteiger partial charge in [0.25, 0.3) is 0 Å². The molecule has 184 valence electrons. The molecule has 2 N–H and O–H groups in total. The average molecular weight is 461 g/mol. The van der Waals surface area contributed by atoms with Crippen LogP contribution < -0.4 is 5.32 Å². The van der Waals surface area contributed by atoms with E-state index in [9.17, 15) is 19.5 Å². The second kappa shape index (κ2) is 14.0. The van der Waals surface area contributed by atoms with Gasteiger partial charge in [-0.05, 0) is 30.7 Å². The number of aliphatic carboxylic acids is 1. The molecule has 2 rings (SSSR count). The van der Waals surface area contributed by atoms with E-state index in [1.807, 2.05) is 49.1 Å². The summed E-state index contributed by atoms with van der Waals surface area (Å²) in [5.74, 6) is -2.15. The monoisotopic (exact) mass is 460 g/mol. The maximum absolute atomic E-state index is 13.4. The summed E-state index contributed by atoms with van der Waals surface area (Å²) < 4.78 is 5.90. The molecule has 3 atom stereocenters. The first-order chi connectivity index (χ1) is 15.8. The zero-order valence-corrected chi connectivity index (χ0v) is 20.3. The van der Waals surface area contributed by atoms with Gasteiger partial charge in [-0.15, -0.1) is 0 Å². The number of hydrogen-bond donors (Lipinski definition) is 2. The largest absolute Gasteiger partial charge is 0.481 e. The van der Waals surface area contributed by atoms with Crippen LogP contribution in [0.4, 0.5) is 0 Å². The van der Waals surface area contributed by atoms with E-state index in [4.69, 9.17) is 4.74 Å². The van der Waals surface area contributed by atoms with Crippen molar-refractivity contribution in [3.8, 4) is 0 Å². The molecule has 0 unspecified atom stereocenters. The van der Waals surface area contributed by atoms with E-state index in [2.05, 4.69) is 12.2 Å². The minimum Gasteiger partial charge on any atom is -0.481 e. The van der Waals surface area contributed by atoms with Gasteiger partial charge in [0.15, 0.2) is 0 Å². The van der Waals surface area contributed by atoms with Crippen LogP contribution >= 0.6 is 0 Å². The smallest absolute Gasteiger partial charge is 0.304 e. The molecule has 0 aliphatic carbocycles. The van der Waals surface area contributed by atoms with Crippen LogP contribution in [0.5, 0.6) is 0 Å². The molecule has 1 aliphatic rings. The number of carbonyl (C=O) groups is 3. The Morgan fingerprint density at radius 2 is 1.91 bits per heavy atom. The van der Waals surface area contributed by atoms with Crippen molar-refractivity contribution in [3.63, 3.8) is 0 Å². The van der Waals surface area contributed by atoms with Gasteiger partial charge < -0.3 is 20.1 Å². The van der Waals surface area contributed by atoms with E-state index < -0.39 is 17.9 Å². The van der Waals surface area contributed by atoms with Gasteiger partial charge in [0.2, 0.25) is 11.8 Å². The van der Waals surface area contributed by atoms with Crippen molar-refractivity contribution in [2.24, 2.45) is 11.8 Å². The van der Waals surface area contributed by atoms with E-state index in [0.717, 1.165) is 37.7 Å². The van der Waals surface area contributed by atoms with Crippen LogP contribution in [0.15, 0.2) is 30.3 Å². The highest BCUT2D eigenvalue weighted by Crippen LogP contribution is 2.22. The molecule has 0 saturated carbocycles. The summed E-state index contributed by atoms with van der Waals surface area (Å²) in [6.45, 7) is 7.48. The number of benzene rings is 1. The third kappa shape index (κ3) is 8.80. The molecule has 0 bridgehead atoms. The Bertz CT molecular complexity index is 752. The molecule has 0 spiro atoms. The van der Waals surface area contributed by atoms with E-state index in [-0.39, 0.29) is 30.2 Å². The highest BCUT2D eigenvalue weighted by molar-refractivity contribution is 5.90. The third-order valence-corrected chi connectivity index (χ3v) is 6.26. The lowest BCUT2D eigenvalue weighted by Gasteiger charge is -2.32. The van der Waals surface area contributed by atoms with Gasteiger partial charge in [-0.2, -0.15) is 0 Å². The molecule has 7 nitrogen and oxygen atoms in total. The number of likely N-dealkylation sites (tertiary alicyclic amines) is 1. The Kier molecular flexibility index (Phi) is 11.4.